The minimum atomic E-state index is -0.439. The molecule has 1 amide bonds. The zero-order chi connectivity index (χ0) is 18.7. The van der Waals surface area contributed by atoms with Gasteiger partial charge in [-0.1, -0.05) is 35.0 Å². The Bertz CT molecular complexity index is 895. The molecule has 1 atom stereocenters. The van der Waals surface area contributed by atoms with E-state index in [1.54, 1.807) is 25.1 Å². The lowest BCUT2D eigenvalue weighted by molar-refractivity contribution is -0.115. The van der Waals surface area contributed by atoms with Gasteiger partial charge in [-0.3, -0.25) is 4.79 Å². The summed E-state index contributed by atoms with van der Waals surface area (Å²) < 4.78 is 0. The van der Waals surface area contributed by atoms with Gasteiger partial charge in [0.05, 0.1) is 21.5 Å². The molecule has 1 aromatic heterocycles. The molecule has 1 N–H and O–H groups in total. The average Bonchev–Trinajstić information content (AvgIpc) is 2.64. The summed E-state index contributed by atoms with van der Waals surface area (Å²) in [6.45, 7) is 1.78. The Kier molecular flexibility index (Phi) is 6.08. The van der Waals surface area contributed by atoms with Gasteiger partial charge in [-0.15, -0.1) is 0 Å². The van der Waals surface area contributed by atoms with Gasteiger partial charge in [0, 0.05) is 10.7 Å². The summed E-state index contributed by atoms with van der Waals surface area (Å²) >= 11 is 13.3. The highest BCUT2D eigenvalue weighted by Gasteiger charge is 2.21. The number of nitriles is 1. The quantitative estimate of drug-likeness (QED) is 0.704. The van der Waals surface area contributed by atoms with Crippen LogP contribution in [0.3, 0.4) is 0 Å². The summed E-state index contributed by atoms with van der Waals surface area (Å²) in [5.74, 6) is -0.220. The molecule has 0 aliphatic heterocycles. The number of aryl methyl sites for hydroxylation is 2. The fraction of sp³-hybridized carbons (Fsp3) is 0.316. The minimum absolute atomic E-state index is 0.220. The van der Waals surface area contributed by atoms with E-state index in [0.29, 0.717) is 26.3 Å². The van der Waals surface area contributed by atoms with Gasteiger partial charge in [0.15, 0.2) is 0 Å². The molecule has 0 bridgehead atoms. The van der Waals surface area contributed by atoms with Gasteiger partial charge in [0.25, 0.3) is 0 Å². The standard InChI is InChI=1S/C19H17Cl2N3OS/c1-11(18(25)23-17-9-14(20)6-7-15(17)21)26-19-13(10-22)8-12-4-2-3-5-16(12)24-19/h6-9,11H,2-5H2,1H3,(H,23,25). The number of thioether (sulfide) groups is 1. The van der Waals surface area contributed by atoms with E-state index in [1.165, 1.54) is 11.8 Å². The summed E-state index contributed by atoms with van der Waals surface area (Å²) in [7, 11) is 0. The molecule has 1 unspecified atom stereocenters. The lowest BCUT2D eigenvalue weighted by Crippen LogP contribution is -2.23. The number of hydrogen-bond donors (Lipinski definition) is 1. The molecular formula is C19H17Cl2N3OS. The Morgan fingerprint density at radius 1 is 1.31 bits per heavy atom. The van der Waals surface area contributed by atoms with Gasteiger partial charge >= 0.3 is 0 Å². The first-order valence-corrected chi connectivity index (χ1v) is 9.97. The second-order valence-corrected chi connectivity index (χ2v) is 8.31. The first-order valence-electron chi connectivity index (χ1n) is 8.33. The molecule has 0 radical (unpaired) electrons. The van der Waals surface area contributed by atoms with Crippen LogP contribution in [0.15, 0.2) is 29.3 Å². The van der Waals surface area contributed by atoms with Crippen LogP contribution < -0.4 is 5.32 Å². The largest absolute Gasteiger partial charge is 0.324 e. The predicted molar refractivity (Wildman–Crippen MR) is 106 cm³/mol. The fourth-order valence-electron chi connectivity index (χ4n) is 2.83. The molecule has 26 heavy (non-hydrogen) atoms. The monoisotopic (exact) mass is 405 g/mol. The van der Waals surface area contributed by atoms with Crippen molar-refractivity contribution in [3.63, 3.8) is 0 Å². The summed E-state index contributed by atoms with van der Waals surface area (Å²) in [6.07, 6.45) is 4.13. The maximum Gasteiger partial charge on any atom is 0.237 e. The van der Waals surface area contributed by atoms with E-state index in [1.807, 2.05) is 6.07 Å². The van der Waals surface area contributed by atoms with Crippen molar-refractivity contribution in [3.05, 3.63) is 51.1 Å². The van der Waals surface area contributed by atoms with Crippen molar-refractivity contribution in [3.8, 4) is 6.07 Å². The molecule has 0 fully saturated rings. The number of carbonyl (C=O) groups is 1. The molecule has 0 saturated heterocycles. The lowest BCUT2D eigenvalue weighted by Gasteiger charge is -2.18. The maximum atomic E-state index is 12.5. The Hall–Kier alpha value is -1.74. The van der Waals surface area contributed by atoms with E-state index < -0.39 is 5.25 Å². The number of rotatable bonds is 4. The Morgan fingerprint density at radius 2 is 2.08 bits per heavy atom. The minimum Gasteiger partial charge on any atom is -0.324 e. The normalized spacial score (nSPS) is 14.2. The van der Waals surface area contributed by atoms with Crippen LogP contribution in [0.25, 0.3) is 0 Å². The van der Waals surface area contributed by atoms with Crippen LogP contribution in [0, 0.1) is 11.3 Å². The summed E-state index contributed by atoms with van der Waals surface area (Å²) in [5.41, 5.74) is 3.19. The third-order valence-corrected chi connectivity index (χ3v) is 5.90. The van der Waals surface area contributed by atoms with Crippen LogP contribution in [0.1, 0.15) is 36.6 Å². The van der Waals surface area contributed by atoms with E-state index in [2.05, 4.69) is 16.4 Å². The van der Waals surface area contributed by atoms with Crippen LogP contribution in [0.2, 0.25) is 10.0 Å². The number of halogens is 2. The van der Waals surface area contributed by atoms with E-state index in [0.717, 1.165) is 36.9 Å². The van der Waals surface area contributed by atoms with Gasteiger partial charge in [-0.05, 0) is 62.4 Å². The number of aromatic nitrogens is 1. The van der Waals surface area contributed by atoms with Crippen molar-refractivity contribution >= 4 is 46.6 Å². The summed E-state index contributed by atoms with van der Waals surface area (Å²) in [5, 5.41) is 13.3. The number of nitrogens with one attached hydrogen (secondary N) is 1. The second-order valence-electron chi connectivity index (χ2n) is 6.14. The highest BCUT2D eigenvalue weighted by Crippen LogP contribution is 2.31. The predicted octanol–water partition coefficient (Wildman–Crippen LogP) is 5.26. The summed E-state index contributed by atoms with van der Waals surface area (Å²) in [4.78, 5) is 17.2. The number of pyridine rings is 1. The molecule has 1 heterocycles. The summed E-state index contributed by atoms with van der Waals surface area (Å²) in [6, 6.07) is 9.03. The van der Waals surface area contributed by atoms with Crippen LogP contribution in [-0.2, 0) is 17.6 Å². The number of nitrogens with zero attached hydrogens (tertiary/aromatic N) is 2. The molecule has 0 saturated carbocycles. The van der Waals surface area contributed by atoms with Crippen molar-refractivity contribution in [2.45, 2.75) is 42.9 Å². The Morgan fingerprint density at radius 3 is 2.85 bits per heavy atom. The smallest absolute Gasteiger partial charge is 0.237 e. The number of anilines is 1. The average molecular weight is 406 g/mol. The molecule has 0 spiro atoms. The SMILES string of the molecule is CC(Sc1nc2c(cc1C#N)CCCC2)C(=O)Nc1cc(Cl)ccc1Cl. The highest BCUT2D eigenvalue weighted by atomic mass is 35.5. The van der Waals surface area contributed by atoms with Crippen molar-refractivity contribution in [1.29, 1.82) is 5.26 Å². The topological polar surface area (TPSA) is 65.8 Å². The van der Waals surface area contributed by atoms with Gasteiger partial charge in [0.2, 0.25) is 5.91 Å². The van der Waals surface area contributed by atoms with Gasteiger partial charge in [-0.2, -0.15) is 5.26 Å². The van der Waals surface area contributed by atoms with Crippen molar-refractivity contribution in [2.75, 3.05) is 5.32 Å². The lowest BCUT2D eigenvalue weighted by atomic mass is 9.95. The highest BCUT2D eigenvalue weighted by molar-refractivity contribution is 8.00. The zero-order valence-electron chi connectivity index (χ0n) is 14.2. The van der Waals surface area contributed by atoms with Crippen LogP contribution >= 0.6 is 35.0 Å². The first-order chi connectivity index (χ1) is 12.5. The fourth-order valence-corrected chi connectivity index (χ4v) is 4.07. The molecule has 4 nitrogen and oxygen atoms in total. The van der Waals surface area contributed by atoms with E-state index in [-0.39, 0.29) is 5.91 Å². The number of amides is 1. The third-order valence-electron chi connectivity index (χ3n) is 4.23. The van der Waals surface area contributed by atoms with Gasteiger partial charge in [0.1, 0.15) is 11.1 Å². The number of hydrogen-bond acceptors (Lipinski definition) is 4. The van der Waals surface area contributed by atoms with Crippen molar-refractivity contribution in [2.24, 2.45) is 0 Å². The van der Waals surface area contributed by atoms with E-state index in [4.69, 9.17) is 23.2 Å². The molecular weight excluding hydrogens is 389 g/mol. The molecule has 7 heteroatoms. The Balaban J connectivity index is 1.77. The van der Waals surface area contributed by atoms with Crippen LogP contribution in [-0.4, -0.2) is 16.1 Å². The number of benzene rings is 1. The first kappa shape index (κ1) is 19.0. The molecule has 2 aromatic rings. The maximum absolute atomic E-state index is 12.5. The second kappa shape index (κ2) is 8.30. The van der Waals surface area contributed by atoms with Crippen molar-refractivity contribution < 1.29 is 4.79 Å². The Labute approximate surface area is 166 Å². The van der Waals surface area contributed by atoms with Crippen molar-refractivity contribution in [1.82, 2.24) is 4.98 Å². The molecule has 3 rings (SSSR count). The van der Waals surface area contributed by atoms with E-state index in [9.17, 15) is 10.1 Å². The molecule has 1 aromatic carbocycles. The molecule has 1 aliphatic carbocycles. The number of fused-ring (bicyclic) bond motifs is 1. The third kappa shape index (κ3) is 4.32. The zero-order valence-corrected chi connectivity index (χ0v) is 16.5. The van der Waals surface area contributed by atoms with Crippen LogP contribution in [0.5, 0.6) is 0 Å². The van der Waals surface area contributed by atoms with Gasteiger partial charge in [-0.25, -0.2) is 4.98 Å². The van der Waals surface area contributed by atoms with Gasteiger partial charge < -0.3 is 5.32 Å². The number of carbonyl (C=O) groups excluding carboxylic acids is 1. The van der Waals surface area contributed by atoms with Crippen LogP contribution in [0.4, 0.5) is 5.69 Å². The molecule has 1 aliphatic rings. The molecule has 134 valence electrons. The van der Waals surface area contributed by atoms with E-state index >= 15 is 0 Å².